The van der Waals surface area contributed by atoms with E-state index in [-0.39, 0.29) is 31.8 Å². The molecule has 0 saturated heterocycles. The number of methoxy groups -OCH3 is 2. The first-order valence-corrected chi connectivity index (χ1v) is 18.1. The van der Waals surface area contributed by atoms with E-state index < -0.39 is 0 Å². The zero-order valence-corrected chi connectivity index (χ0v) is 25.4. The fourth-order valence-corrected chi connectivity index (χ4v) is 8.47. The van der Waals surface area contributed by atoms with Gasteiger partial charge in [0.05, 0.1) is 48.2 Å². The molecule has 2 nitrogen and oxygen atoms in total. The van der Waals surface area contributed by atoms with Crippen molar-refractivity contribution in [1.29, 1.82) is 0 Å². The molecule has 0 saturated carbocycles. The van der Waals surface area contributed by atoms with Crippen molar-refractivity contribution in [2.75, 3.05) is 39.8 Å². The van der Waals surface area contributed by atoms with E-state index in [2.05, 4.69) is 79.7 Å². The molecule has 0 radical (unpaired) electrons. The molecule has 29 heavy (non-hydrogen) atoms. The zero-order valence-electron chi connectivity index (χ0n) is 20.3. The molecule has 0 aliphatic rings. The van der Waals surface area contributed by atoms with Crippen molar-refractivity contribution in [3.8, 4) is 0 Å². The van der Waals surface area contributed by atoms with Gasteiger partial charge in [0.25, 0.3) is 0 Å². The Bertz CT molecular complexity index is 330. The summed E-state index contributed by atoms with van der Waals surface area (Å²) in [4.78, 5) is 0. The molecule has 0 spiro atoms. The van der Waals surface area contributed by atoms with Crippen molar-refractivity contribution in [3.05, 3.63) is 24.3 Å². The van der Waals surface area contributed by atoms with Crippen LogP contribution in [0.1, 0.15) is 55.4 Å². The van der Waals surface area contributed by atoms with Crippen molar-refractivity contribution < 1.29 is 25.4 Å². The molecule has 180 valence electrons. The molecular formula is C22H48Cl2O2P2Pd+2. The van der Waals surface area contributed by atoms with Crippen LogP contribution in [0.15, 0.2) is 24.3 Å². The fraction of sp³-hybridized carbons (Fsp3) is 0.818. The molecule has 0 atom stereocenters. The van der Waals surface area contributed by atoms with E-state index in [9.17, 15) is 0 Å². The summed E-state index contributed by atoms with van der Waals surface area (Å²) >= 11 is -0.106. The summed E-state index contributed by atoms with van der Waals surface area (Å²) < 4.78 is 9.94. The van der Waals surface area contributed by atoms with Crippen LogP contribution in [0.4, 0.5) is 0 Å². The van der Waals surface area contributed by atoms with Gasteiger partial charge in [0.15, 0.2) is 0 Å². The predicted molar refractivity (Wildman–Crippen MR) is 141 cm³/mol. The van der Waals surface area contributed by atoms with Crippen molar-refractivity contribution in [2.45, 2.75) is 78.0 Å². The number of allylic oxidation sites excluding steroid dienone is 2. The van der Waals surface area contributed by atoms with Crippen LogP contribution >= 0.6 is 34.9 Å². The summed E-state index contributed by atoms with van der Waals surface area (Å²) in [5, 5.41) is 0. The number of hydrogen-bond donors (Lipinski definition) is 0. The van der Waals surface area contributed by atoms with Gasteiger partial charge >= 0.3 is 35.0 Å². The minimum atomic E-state index is -0.202. The van der Waals surface area contributed by atoms with E-state index >= 15 is 0 Å². The van der Waals surface area contributed by atoms with Crippen LogP contribution in [0.5, 0.6) is 0 Å². The van der Waals surface area contributed by atoms with Crippen molar-refractivity contribution in [3.63, 3.8) is 0 Å². The van der Waals surface area contributed by atoms with Gasteiger partial charge in [-0.25, -0.2) is 0 Å². The Morgan fingerprint density at radius 1 is 0.621 bits per heavy atom. The zero-order chi connectivity index (χ0) is 23.2. The Kier molecular flexibility index (Phi) is 31.2. The normalized spacial score (nSPS) is 12.1. The second kappa shape index (κ2) is 25.8. The molecule has 0 rings (SSSR count). The Labute approximate surface area is 201 Å². The van der Waals surface area contributed by atoms with Crippen LogP contribution < -0.4 is 0 Å². The Morgan fingerprint density at radius 2 is 0.862 bits per heavy atom. The first kappa shape index (κ1) is 35.1. The van der Waals surface area contributed by atoms with E-state index in [0.717, 1.165) is 35.8 Å². The summed E-state index contributed by atoms with van der Waals surface area (Å²) in [5.41, 5.74) is 3.49. The van der Waals surface area contributed by atoms with E-state index in [1.165, 1.54) is 12.3 Å². The maximum absolute atomic E-state index is 4.97. The van der Waals surface area contributed by atoms with Gasteiger partial charge in [0, 0.05) is 30.1 Å². The minimum absolute atomic E-state index is 0.106. The summed E-state index contributed by atoms with van der Waals surface area (Å²) in [6.07, 6.45) is 11.4. The molecular weight excluding hydrogens is 536 g/mol. The van der Waals surface area contributed by atoms with Crippen molar-refractivity contribution in [1.82, 2.24) is 0 Å². The second-order valence-electron chi connectivity index (χ2n) is 8.08. The topological polar surface area (TPSA) is 18.5 Å². The summed E-state index contributed by atoms with van der Waals surface area (Å²) in [7, 11) is 12.7. The maximum atomic E-state index is 4.97. The Morgan fingerprint density at radius 3 is 1.03 bits per heavy atom. The van der Waals surface area contributed by atoms with Gasteiger partial charge in [0.1, 0.15) is 0 Å². The number of hydrogen-bond acceptors (Lipinski definition) is 2. The van der Waals surface area contributed by atoms with Crippen LogP contribution in [-0.4, -0.2) is 62.4 Å². The van der Waals surface area contributed by atoms with Crippen LogP contribution in [0, 0.1) is 0 Å². The Balaban J connectivity index is -0.000000410. The molecule has 7 heteroatoms. The average molecular weight is 584 g/mol. The van der Waals surface area contributed by atoms with Gasteiger partial charge in [-0.2, -0.15) is 0 Å². The molecule has 0 aromatic carbocycles. The first-order valence-electron chi connectivity index (χ1n) is 10.4. The fourth-order valence-electron chi connectivity index (χ4n) is 3.04. The summed E-state index contributed by atoms with van der Waals surface area (Å²) in [6.45, 7) is 20.3. The molecule has 0 aromatic rings. The van der Waals surface area contributed by atoms with Gasteiger partial charge in [0.2, 0.25) is 0 Å². The average Bonchev–Trinajstić information content (AvgIpc) is 2.61. The number of ether oxygens (including phenoxy) is 2. The van der Waals surface area contributed by atoms with Gasteiger partial charge in [-0.05, 0) is 67.5 Å². The monoisotopic (exact) mass is 582 g/mol. The third-order valence-corrected chi connectivity index (χ3v) is 11.9. The van der Waals surface area contributed by atoms with Crippen LogP contribution in [0.3, 0.4) is 0 Å². The van der Waals surface area contributed by atoms with Gasteiger partial charge in [-0.3, -0.25) is 0 Å². The molecule has 0 bridgehead atoms. The molecule has 0 aliphatic heterocycles. The first-order chi connectivity index (χ1) is 13.6. The third-order valence-electron chi connectivity index (χ3n) is 4.53. The SMILES string of the molecule is COCC=CC[PH+](C(C)C)C(C)C.COCC=CC[PH+](C(C)C)C(C)C.[Cl][Pd][Cl]. The summed E-state index contributed by atoms with van der Waals surface area (Å²) in [6, 6.07) is 0. The third kappa shape index (κ3) is 25.6. The van der Waals surface area contributed by atoms with Gasteiger partial charge in [-0.1, -0.05) is 12.2 Å². The molecule has 0 fully saturated rings. The van der Waals surface area contributed by atoms with Crippen molar-refractivity contribution >= 4 is 34.9 Å². The predicted octanol–water partition coefficient (Wildman–Crippen LogP) is 7.82. The quantitative estimate of drug-likeness (QED) is 0.133. The van der Waals surface area contributed by atoms with Crippen molar-refractivity contribution in [2.24, 2.45) is 0 Å². The molecule has 0 aliphatic carbocycles. The molecule has 0 N–H and O–H groups in total. The molecule has 0 heterocycles. The van der Waals surface area contributed by atoms with E-state index in [1.54, 1.807) is 14.2 Å². The summed E-state index contributed by atoms with van der Waals surface area (Å²) in [5.74, 6) is 0. The number of halogens is 2. The molecule has 0 aromatic heterocycles. The van der Waals surface area contributed by atoms with Crippen LogP contribution in [0.2, 0.25) is 0 Å². The van der Waals surface area contributed by atoms with Gasteiger partial charge < -0.3 is 9.47 Å². The second-order valence-corrected chi connectivity index (χ2v) is 18.2. The molecule has 0 amide bonds. The number of rotatable bonds is 12. The van der Waals surface area contributed by atoms with Gasteiger partial charge in [-0.15, -0.1) is 0 Å². The standard InChI is InChI=1S/2C11H23OP.2ClH.Pd/c2*1-10(2)13(11(3)4)9-7-6-8-12-5;;;/h2*6-7,10-11H,8-9H2,1-5H3;2*1H;/q;;;;+2. The van der Waals surface area contributed by atoms with E-state index in [0.29, 0.717) is 0 Å². The van der Waals surface area contributed by atoms with Crippen LogP contribution in [0.25, 0.3) is 0 Å². The van der Waals surface area contributed by atoms with E-state index in [1.807, 2.05) is 0 Å². The molecule has 0 unspecified atom stereocenters. The van der Waals surface area contributed by atoms with Crippen LogP contribution in [-0.2, 0) is 25.4 Å². The Hall–Kier alpha value is 1.50. The van der Waals surface area contributed by atoms with E-state index in [4.69, 9.17) is 28.5 Å².